The highest BCUT2D eigenvalue weighted by molar-refractivity contribution is 7.99. The second-order valence-electron chi connectivity index (χ2n) is 5.93. The van der Waals surface area contributed by atoms with Gasteiger partial charge in [-0.05, 0) is 35.4 Å². The molecule has 2 aromatic heterocycles. The minimum absolute atomic E-state index is 0.103. The number of hydrogen-bond acceptors (Lipinski definition) is 5. The lowest BCUT2D eigenvalue weighted by Crippen LogP contribution is -2.23. The monoisotopic (exact) mass is 366 g/mol. The highest BCUT2D eigenvalue weighted by atomic mass is 32.2. The highest BCUT2D eigenvalue weighted by Crippen LogP contribution is 2.27. The van der Waals surface area contributed by atoms with E-state index in [1.54, 1.807) is 24.2 Å². The molecule has 2 N–H and O–H groups in total. The van der Waals surface area contributed by atoms with Gasteiger partial charge in [-0.3, -0.25) is 14.9 Å². The number of H-pyrrole nitrogens is 1. The van der Waals surface area contributed by atoms with Crippen LogP contribution in [0.1, 0.15) is 21.6 Å². The number of nitrogens with zero attached hydrogens (tertiary/aromatic N) is 2. The fraction of sp³-hybridized carbons (Fsp3) is 0.211. The number of carbonyl (C=O) groups excluding carboxylic acids is 1. The topological polar surface area (TPSA) is 79.9 Å². The van der Waals surface area contributed by atoms with E-state index in [0.717, 1.165) is 39.6 Å². The summed E-state index contributed by atoms with van der Waals surface area (Å²) in [5.41, 5.74) is 4.60. The fourth-order valence-electron chi connectivity index (χ4n) is 2.78. The summed E-state index contributed by atoms with van der Waals surface area (Å²) in [4.78, 5) is 18.0. The van der Waals surface area contributed by atoms with Gasteiger partial charge < -0.3 is 10.1 Å². The molecule has 0 saturated heterocycles. The molecule has 1 aliphatic rings. The Morgan fingerprint density at radius 1 is 1.27 bits per heavy atom. The average molecular weight is 366 g/mol. The molecule has 26 heavy (non-hydrogen) atoms. The molecular formula is C19H18N4O2S. The third-order valence-electron chi connectivity index (χ3n) is 4.15. The van der Waals surface area contributed by atoms with Crippen molar-refractivity contribution in [2.24, 2.45) is 0 Å². The van der Waals surface area contributed by atoms with Crippen molar-refractivity contribution in [1.82, 2.24) is 20.5 Å². The van der Waals surface area contributed by atoms with Crippen molar-refractivity contribution in [3.05, 3.63) is 65.7 Å². The lowest BCUT2D eigenvalue weighted by molar-refractivity contribution is 0.0950. The van der Waals surface area contributed by atoms with E-state index in [1.807, 2.05) is 36.5 Å². The Labute approximate surface area is 155 Å². The van der Waals surface area contributed by atoms with E-state index in [9.17, 15) is 4.79 Å². The lowest BCUT2D eigenvalue weighted by atomic mass is 10.1. The number of fused-ring (bicyclic) bond motifs is 1. The molecule has 0 saturated carbocycles. The van der Waals surface area contributed by atoms with E-state index < -0.39 is 0 Å². The van der Waals surface area contributed by atoms with Crippen LogP contribution < -0.4 is 5.32 Å². The van der Waals surface area contributed by atoms with E-state index in [4.69, 9.17) is 4.74 Å². The average Bonchev–Trinajstić information content (AvgIpc) is 3.12. The number of ether oxygens (including phenoxy) is 1. The van der Waals surface area contributed by atoms with E-state index >= 15 is 0 Å². The van der Waals surface area contributed by atoms with Crippen LogP contribution in [0, 0.1) is 0 Å². The minimum atomic E-state index is -0.103. The zero-order valence-electron chi connectivity index (χ0n) is 14.1. The van der Waals surface area contributed by atoms with Gasteiger partial charge in [0.25, 0.3) is 5.91 Å². The predicted molar refractivity (Wildman–Crippen MR) is 99.8 cm³/mol. The van der Waals surface area contributed by atoms with Gasteiger partial charge in [-0.15, -0.1) is 11.8 Å². The van der Waals surface area contributed by atoms with Gasteiger partial charge in [-0.1, -0.05) is 6.07 Å². The number of aromatic nitrogens is 3. The third kappa shape index (κ3) is 3.79. The Hall–Kier alpha value is -2.64. The maximum atomic E-state index is 12.5. The normalized spacial score (nSPS) is 13.7. The van der Waals surface area contributed by atoms with Crippen LogP contribution in [-0.4, -0.2) is 33.4 Å². The van der Waals surface area contributed by atoms with Gasteiger partial charge >= 0.3 is 0 Å². The van der Waals surface area contributed by atoms with Gasteiger partial charge in [0.2, 0.25) is 0 Å². The molecule has 0 spiro atoms. The molecule has 7 heteroatoms. The number of pyridine rings is 1. The minimum Gasteiger partial charge on any atom is -0.376 e. The van der Waals surface area contributed by atoms with Crippen LogP contribution in [0.25, 0.3) is 11.1 Å². The lowest BCUT2D eigenvalue weighted by Gasteiger charge is -2.09. The summed E-state index contributed by atoms with van der Waals surface area (Å²) in [7, 11) is 0. The van der Waals surface area contributed by atoms with Crippen molar-refractivity contribution in [3.8, 4) is 11.1 Å². The van der Waals surface area contributed by atoms with Crippen molar-refractivity contribution < 1.29 is 9.53 Å². The van der Waals surface area contributed by atoms with Crippen molar-refractivity contribution in [3.63, 3.8) is 0 Å². The second kappa shape index (κ2) is 7.72. The van der Waals surface area contributed by atoms with Gasteiger partial charge in [-0.2, -0.15) is 5.10 Å². The van der Waals surface area contributed by atoms with Gasteiger partial charge in [0.15, 0.2) is 0 Å². The molecule has 0 radical (unpaired) electrons. The number of nitrogens with one attached hydrogen (secondary N) is 2. The molecule has 0 unspecified atom stereocenters. The molecule has 1 aliphatic heterocycles. The third-order valence-corrected chi connectivity index (χ3v) is 5.21. The van der Waals surface area contributed by atoms with Gasteiger partial charge in [-0.25, -0.2) is 0 Å². The zero-order chi connectivity index (χ0) is 17.8. The first-order chi connectivity index (χ1) is 12.8. The SMILES string of the molecule is O=C(NCc1cc(-c2cn[nH]c2)ccn1)c1ccc2c(c1)SCCOC2. The summed E-state index contributed by atoms with van der Waals surface area (Å²) in [6.07, 6.45) is 5.33. The predicted octanol–water partition coefficient (Wildman–Crippen LogP) is 3.02. The highest BCUT2D eigenvalue weighted by Gasteiger charge is 2.13. The first kappa shape index (κ1) is 16.8. The Kier molecular flexibility index (Phi) is 4.99. The van der Waals surface area contributed by atoms with E-state index in [1.165, 1.54) is 0 Å². The summed E-state index contributed by atoms with van der Waals surface area (Å²) in [5.74, 6) is 0.803. The van der Waals surface area contributed by atoms with Gasteiger partial charge in [0.05, 0.1) is 31.6 Å². The summed E-state index contributed by atoms with van der Waals surface area (Å²) in [6.45, 7) is 1.71. The van der Waals surface area contributed by atoms with Crippen molar-refractivity contribution in [2.75, 3.05) is 12.4 Å². The molecule has 0 fully saturated rings. The number of aromatic amines is 1. The quantitative estimate of drug-likeness (QED) is 0.742. The Morgan fingerprint density at radius 2 is 2.23 bits per heavy atom. The maximum Gasteiger partial charge on any atom is 0.251 e. The van der Waals surface area contributed by atoms with Crippen LogP contribution in [0.15, 0.2) is 53.8 Å². The number of hydrogen-bond donors (Lipinski definition) is 2. The second-order valence-corrected chi connectivity index (χ2v) is 7.07. The molecule has 6 nitrogen and oxygen atoms in total. The smallest absolute Gasteiger partial charge is 0.251 e. The van der Waals surface area contributed by atoms with Crippen LogP contribution in [0.2, 0.25) is 0 Å². The van der Waals surface area contributed by atoms with Crippen molar-refractivity contribution in [1.29, 1.82) is 0 Å². The Bertz CT molecular complexity index is 912. The van der Waals surface area contributed by atoms with Crippen LogP contribution in [0.4, 0.5) is 0 Å². The first-order valence-electron chi connectivity index (χ1n) is 8.35. The molecule has 0 atom stereocenters. The van der Waals surface area contributed by atoms with E-state index in [-0.39, 0.29) is 5.91 Å². The van der Waals surface area contributed by atoms with Crippen molar-refractivity contribution in [2.45, 2.75) is 18.0 Å². The summed E-state index contributed by atoms with van der Waals surface area (Å²) < 4.78 is 5.53. The molecule has 0 aliphatic carbocycles. The molecule has 1 amide bonds. The number of amides is 1. The molecule has 1 aromatic carbocycles. The van der Waals surface area contributed by atoms with Crippen molar-refractivity contribution >= 4 is 17.7 Å². The van der Waals surface area contributed by atoms with Crippen LogP contribution in [0.3, 0.4) is 0 Å². The number of rotatable bonds is 4. The summed E-state index contributed by atoms with van der Waals surface area (Å²) in [5, 5.41) is 9.70. The number of carbonyl (C=O) groups is 1. The van der Waals surface area contributed by atoms with E-state index in [0.29, 0.717) is 18.7 Å². The first-order valence-corrected chi connectivity index (χ1v) is 9.34. The molecule has 3 heterocycles. The molecule has 4 rings (SSSR count). The van der Waals surface area contributed by atoms with Crippen LogP contribution in [0.5, 0.6) is 0 Å². The standard InChI is InChI=1S/C19H18N4O2S/c24-19(14-1-2-15-12-25-5-6-26-18(15)8-14)21-11-17-7-13(3-4-20-17)16-9-22-23-10-16/h1-4,7-10H,5-6,11-12H2,(H,21,24)(H,22,23). The summed E-state index contributed by atoms with van der Waals surface area (Å²) in [6, 6.07) is 9.63. The molecular weight excluding hydrogens is 348 g/mol. The Balaban J connectivity index is 1.44. The molecule has 3 aromatic rings. The number of benzene rings is 1. The number of thioether (sulfide) groups is 1. The van der Waals surface area contributed by atoms with Crippen LogP contribution in [-0.2, 0) is 17.9 Å². The van der Waals surface area contributed by atoms with Crippen LogP contribution >= 0.6 is 11.8 Å². The molecule has 132 valence electrons. The largest absolute Gasteiger partial charge is 0.376 e. The fourth-order valence-corrected chi connectivity index (χ4v) is 3.72. The Morgan fingerprint density at radius 3 is 3.12 bits per heavy atom. The molecule has 0 bridgehead atoms. The van der Waals surface area contributed by atoms with E-state index in [2.05, 4.69) is 20.5 Å². The van der Waals surface area contributed by atoms with Gasteiger partial charge in [0, 0.05) is 34.2 Å². The van der Waals surface area contributed by atoms with Gasteiger partial charge in [0.1, 0.15) is 0 Å². The zero-order valence-corrected chi connectivity index (χ0v) is 14.9. The summed E-state index contributed by atoms with van der Waals surface area (Å²) >= 11 is 1.73. The maximum absolute atomic E-state index is 12.5.